The van der Waals surface area contributed by atoms with Gasteiger partial charge in [0.05, 0.1) is 18.0 Å². The zero-order valence-electron chi connectivity index (χ0n) is 80.2. The number of H-pyrrole nitrogens is 1. The van der Waals surface area contributed by atoms with Gasteiger partial charge in [0.2, 0.25) is 0 Å². The molecule has 20 aromatic carbocycles. The molecule has 15 heteroatoms. The van der Waals surface area contributed by atoms with Gasteiger partial charge in [0, 0.05) is 132 Å². The highest BCUT2D eigenvalue weighted by molar-refractivity contribution is 5.90. The summed E-state index contributed by atoms with van der Waals surface area (Å²) in [4.78, 5) is 6.42. The second-order valence-electron chi connectivity index (χ2n) is 35.9. The quantitative estimate of drug-likeness (QED) is 0.0281. The van der Waals surface area contributed by atoms with Crippen molar-refractivity contribution >= 4 is 89.8 Å². The molecule has 0 bridgehead atoms. The molecule has 143 heavy (non-hydrogen) atoms. The number of benzene rings is 20. The third kappa shape index (κ3) is 24.6. The first-order chi connectivity index (χ1) is 69.5. The van der Waals surface area contributed by atoms with Crippen molar-refractivity contribution in [1.82, 2.24) is 9.97 Å². The van der Waals surface area contributed by atoms with E-state index in [1.54, 1.807) is 18.7 Å². The number of nitrogen functional groups attached to an aromatic ring is 12. The Morgan fingerprint density at radius 2 is 0.483 bits per heavy atom. The van der Waals surface area contributed by atoms with Crippen LogP contribution in [0.3, 0.4) is 0 Å². The van der Waals surface area contributed by atoms with E-state index >= 15 is 0 Å². The lowest BCUT2D eigenvalue weighted by atomic mass is 9.82. The minimum absolute atomic E-state index is 0.0731. The largest absolute Gasteiger partial charge is 0.399 e. The van der Waals surface area contributed by atoms with E-state index in [0.29, 0.717) is 34.2 Å². The summed E-state index contributed by atoms with van der Waals surface area (Å²) < 4.78 is 0. The topological polar surface area (TPSA) is 365 Å². The van der Waals surface area contributed by atoms with Gasteiger partial charge < -0.3 is 73.8 Å². The summed E-state index contributed by atoms with van der Waals surface area (Å²) in [6.07, 6.45) is 5.08. The maximum atomic E-state index is 8.98. The molecule has 15 nitrogen and oxygen atoms in total. The fourth-order valence-corrected chi connectivity index (χ4v) is 18.1. The highest BCUT2D eigenvalue weighted by atomic mass is 14.8. The third-order valence-electron chi connectivity index (χ3n) is 26.1. The minimum Gasteiger partial charge on any atom is -0.399 e. The monoisotopic (exact) mass is 1860 g/mol. The predicted octanol–water partition coefficient (Wildman–Crippen LogP) is 28.2. The molecule has 0 fully saturated rings. The van der Waals surface area contributed by atoms with E-state index < -0.39 is 0 Å². The Labute approximate surface area is 837 Å². The summed E-state index contributed by atoms with van der Waals surface area (Å²) in [6, 6.07) is 157. The van der Waals surface area contributed by atoms with Crippen molar-refractivity contribution < 1.29 is 0 Å². The van der Waals surface area contributed by atoms with Gasteiger partial charge in [-0.1, -0.05) is 316 Å². The van der Waals surface area contributed by atoms with Gasteiger partial charge >= 0.3 is 0 Å². The normalized spacial score (nSPS) is 10.8. The van der Waals surface area contributed by atoms with Crippen LogP contribution >= 0.6 is 0 Å². The summed E-state index contributed by atoms with van der Waals surface area (Å²) in [5.41, 5.74) is 110. The zero-order valence-corrected chi connectivity index (χ0v) is 80.2. The average Bonchev–Trinajstić information content (AvgIpc) is 1.04. The second-order valence-corrected chi connectivity index (χ2v) is 35.9. The first-order valence-corrected chi connectivity index (χ1v) is 47.5. The summed E-state index contributed by atoms with van der Waals surface area (Å²) >= 11 is 0. The maximum Gasteiger partial charge on any atom is 0.0991 e. The number of hydrogen-bond donors (Lipinski definition) is 13. The molecule has 0 saturated heterocycles. The second kappa shape index (κ2) is 45.9. The molecule has 0 aliphatic carbocycles. The van der Waals surface area contributed by atoms with Gasteiger partial charge in [-0.2, -0.15) is 5.26 Å². The SMILES string of the molecule is CC(c1ccc(N)cc1)c1ccc(N)cc1.Cc1ccc(C(c2ccc(N)cc2)c2ccc(N)cc2)cc1C.N#Cc1ccc(C(c2ccc(N)cc2)c2ccc(N)cc2)cc1.Nc1ccc2cc(C(c3ccc(-c4ccccc4)cc3)c3ccc4cc(N)ccc4c3)ccc2c1.Nc1ccccc1-c1cc(C(c2ccc(-c3ccccc3)cc2)c2ccc(N)c(-c3ccccc3N)c2)ccc1N.c1c[nH]cn1. The molecule has 0 radical (unpaired) electrons. The van der Waals surface area contributed by atoms with Crippen molar-refractivity contribution in [3.05, 3.63) is 568 Å². The van der Waals surface area contributed by atoms with Crippen LogP contribution in [0.4, 0.5) is 68.2 Å². The molecule has 0 saturated carbocycles. The molecular formula is C128H117N15. The van der Waals surface area contributed by atoms with Crippen molar-refractivity contribution in [1.29, 1.82) is 5.26 Å². The molecular weight excluding hydrogens is 1750 g/mol. The number of nitrogens with two attached hydrogens (primary N) is 12. The van der Waals surface area contributed by atoms with Crippen molar-refractivity contribution in [2.75, 3.05) is 68.8 Å². The standard InChI is InChI=1S/C37H32N4.C33H26N2.C21H22N2.C20H17N3.C14H16N2.C3H4N2/c38-33-12-6-4-10-29(33)31-22-27(18-20-35(31)40)37(26-16-14-25(15-17-26)24-8-2-1-3-9-24)28-19-21-36(41)32(23-28)30-11-5-7-13-34(30)39;34-31-16-14-25-18-29(12-10-27(25)20-31)33(30-13-11-28-21-32(35)17-15-26(28)19-30)24-8-6-23(7-9-24)22-4-2-1-3-5-22;1-14-3-4-18(13-15(14)2)21(16-5-9-19(22)10-6-16)17-7-11-20(23)12-8-17;21-13-14-1-3-15(4-2-14)20(16-5-9-18(22)10-6-16)17-7-11-19(23)12-8-17;1-10(11-2-6-13(15)7-3-11)12-4-8-14(16)9-5-12;1-2-5-3-4-1/h1-23,37H,38-41H2;1-21,33H,34-35H2;3-13,21H,22-23H2,1-2H3;1-12,20H,22-23H2;2-10H,15-16H2,1H3;1-3H,(H,4,5). The lowest BCUT2D eigenvalue weighted by molar-refractivity contribution is 0.923. The molecule has 0 unspecified atom stereocenters. The minimum atomic E-state index is -0.0894. The Hall–Kier alpha value is -18.8. The Morgan fingerprint density at radius 1 is 0.224 bits per heavy atom. The Bertz CT molecular complexity index is 7500. The third-order valence-corrected chi connectivity index (χ3v) is 26.1. The van der Waals surface area contributed by atoms with E-state index in [0.717, 1.165) is 112 Å². The molecule has 21 rings (SSSR count). The molecule has 1 aromatic heterocycles. The predicted molar refractivity (Wildman–Crippen MR) is 604 cm³/mol. The Morgan fingerprint density at radius 3 is 0.811 bits per heavy atom. The van der Waals surface area contributed by atoms with Crippen molar-refractivity contribution in [3.8, 4) is 50.6 Å². The van der Waals surface area contributed by atoms with Crippen LogP contribution in [0.15, 0.2) is 474 Å². The lowest BCUT2D eigenvalue weighted by Gasteiger charge is -2.23. The molecule has 0 aliphatic rings. The number of anilines is 12. The summed E-state index contributed by atoms with van der Waals surface area (Å²) in [5.74, 6) is 0.623. The molecule has 25 N–H and O–H groups in total. The van der Waals surface area contributed by atoms with Crippen LogP contribution < -0.4 is 68.8 Å². The molecule has 0 amide bonds. The van der Waals surface area contributed by atoms with Crippen LogP contribution in [0.5, 0.6) is 0 Å². The average molecular weight is 1870 g/mol. The molecule has 0 aliphatic heterocycles. The van der Waals surface area contributed by atoms with E-state index in [1.165, 1.54) is 88.7 Å². The van der Waals surface area contributed by atoms with E-state index in [4.69, 9.17) is 74.1 Å². The van der Waals surface area contributed by atoms with Crippen LogP contribution in [0.25, 0.3) is 66.1 Å². The summed E-state index contributed by atoms with van der Waals surface area (Å²) in [6.45, 7) is 6.47. The smallest absolute Gasteiger partial charge is 0.0991 e. The number of fused-ring (bicyclic) bond motifs is 2. The fraction of sp³-hybridized carbons (Fsp3) is 0.0625. The van der Waals surface area contributed by atoms with Crippen LogP contribution in [0.1, 0.15) is 131 Å². The first-order valence-electron chi connectivity index (χ1n) is 47.5. The number of aromatic nitrogens is 2. The number of imidazole rings is 1. The number of hydrogen-bond acceptors (Lipinski definition) is 14. The molecule has 21 aromatic rings. The van der Waals surface area contributed by atoms with Crippen LogP contribution in [0.2, 0.25) is 0 Å². The van der Waals surface area contributed by atoms with E-state index in [2.05, 4.69) is 279 Å². The van der Waals surface area contributed by atoms with Crippen LogP contribution in [0, 0.1) is 25.2 Å². The zero-order chi connectivity index (χ0) is 99.8. The van der Waals surface area contributed by atoms with Crippen molar-refractivity contribution in [3.63, 3.8) is 0 Å². The number of aromatic amines is 1. The van der Waals surface area contributed by atoms with Crippen LogP contribution in [-0.2, 0) is 0 Å². The number of para-hydroxylation sites is 2. The number of rotatable bonds is 18. The van der Waals surface area contributed by atoms with E-state index in [1.807, 2.05) is 212 Å². The Kier molecular flexibility index (Phi) is 31.2. The van der Waals surface area contributed by atoms with Gasteiger partial charge in [-0.15, -0.1) is 0 Å². The van der Waals surface area contributed by atoms with Gasteiger partial charge in [0.25, 0.3) is 0 Å². The molecule has 1 heterocycles. The maximum absolute atomic E-state index is 8.98. The van der Waals surface area contributed by atoms with E-state index in [-0.39, 0.29) is 23.7 Å². The number of nitrogens with zero attached hydrogens (tertiary/aromatic N) is 2. The summed E-state index contributed by atoms with van der Waals surface area (Å²) in [5, 5.41) is 13.7. The van der Waals surface area contributed by atoms with Gasteiger partial charge in [-0.25, -0.2) is 4.98 Å². The molecule has 0 atom stereocenters. The van der Waals surface area contributed by atoms with Crippen molar-refractivity contribution in [2.45, 2.75) is 50.4 Å². The summed E-state index contributed by atoms with van der Waals surface area (Å²) in [7, 11) is 0. The van der Waals surface area contributed by atoms with Gasteiger partial charge in [-0.3, -0.25) is 0 Å². The molecule has 0 spiro atoms. The molecule has 704 valence electrons. The van der Waals surface area contributed by atoms with Gasteiger partial charge in [0.1, 0.15) is 0 Å². The van der Waals surface area contributed by atoms with E-state index in [9.17, 15) is 0 Å². The van der Waals surface area contributed by atoms with Crippen LogP contribution in [-0.4, -0.2) is 9.97 Å². The first kappa shape index (κ1) is 97.3. The highest BCUT2D eigenvalue weighted by Crippen LogP contribution is 2.44. The lowest BCUT2D eigenvalue weighted by Crippen LogP contribution is -2.06. The van der Waals surface area contributed by atoms with Gasteiger partial charge in [0.15, 0.2) is 0 Å². The van der Waals surface area contributed by atoms with Gasteiger partial charge in [-0.05, 0) is 292 Å². The number of nitrogens with one attached hydrogen (secondary N) is 1. The Balaban J connectivity index is 0.000000131. The number of nitriles is 1. The highest BCUT2D eigenvalue weighted by Gasteiger charge is 2.25. The number of aryl methyl sites for hydroxylation is 2. The van der Waals surface area contributed by atoms with Crippen molar-refractivity contribution in [2.24, 2.45) is 0 Å². The fourth-order valence-electron chi connectivity index (χ4n) is 18.1.